The fraction of sp³-hybridized carbons (Fsp3) is 0.571. The lowest BCUT2D eigenvalue weighted by atomic mass is 10.2. The molecule has 0 amide bonds. The Kier molecular flexibility index (Phi) is 4.37. The highest BCUT2D eigenvalue weighted by Crippen LogP contribution is 2.21. The molecular weight excluding hydrogens is 217 g/mol. The second-order valence-corrected chi connectivity index (χ2v) is 4.65. The van der Waals surface area contributed by atoms with Crippen LogP contribution in [0.1, 0.15) is 38.2 Å². The molecule has 0 radical (unpaired) electrons. The molecule has 2 nitrogen and oxygen atoms in total. The molecule has 1 fully saturated rings. The second-order valence-electron chi connectivity index (χ2n) is 4.65. The summed E-state index contributed by atoms with van der Waals surface area (Å²) in [6, 6.07) is 5.59. The molecule has 0 spiro atoms. The number of benzene rings is 1. The zero-order valence-corrected chi connectivity index (χ0v) is 10.3. The van der Waals surface area contributed by atoms with E-state index in [1.54, 1.807) is 6.07 Å². The smallest absolute Gasteiger partial charge is 0.127 e. The quantitative estimate of drug-likeness (QED) is 0.735. The molecule has 0 unspecified atom stereocenters. The summed E-state index contributed by atoms with van der Waals surface area (Å²) in [5.41, 5.74) is 0.961. The number of rotatable bonds is 7. The van der Waals surface area contributed by atoms with E-state index in [1.165, 1.54) is 18.9 Å². The van der Waals surface area contributed by atoms with Gasteiger partial charge in [0.2, 0.25) is 0 Å². The molecule has 1 saturated carbocycles. The molecule has 0 aromatic heterocycles. The molecule has 0 saturated heterocycles. The molecular formula is C14H20FNO. The van der Waals surface area contributed by atoms with Crippen LogP contribution in [0, 0.1) is 5.82 Å². The maximum absolute atomic E-state index is 13.4. The van der Waals surface area contributed by atoms with Crippen LogP contribution in [0.25, 0.3) is 0 Å². The molecule has 94 valence electrons. The first-order valence-corrected chi connectivity index (χ1v) is 6.43. The molecule has 0 heterocycles. The molecule has 1 N–H and O–H groups in total. The van der Waals surface area contributed by atoms with Crippen molar-refractivity contribution >= 4 is 0 Å². The minimum atomic E-state index is -0.216. The van der Waals surface area contributed by atoms with Gasteiger partial charge in [0, 0.05) is 18.7 Å². The Labute approximate surface area is 102 Å². The van der Waals surface area contributed by atoms with Gasteiger partial charge in [-0.2, -0.15) is 0 Å². The largest absolute Gasteiger partial charge is 0.493 e. The number of hydrogen-bond acceptors (Lipinski definition) is 2. The van der Waals surface area contributed by atoms with Crippen molar-refractivity contribution < 1.29 is 9.13 Å². The minimum absolute atomic E-state index is 0.216. The van der Waals surface area contributed by atoms with Gasteiger partial charge in [0.15, 0.2) is 0 Å². The van der Waals surface area contributed by atoms with Gasteiger partial charge >= 0.3 is 0 Å². The highest BCUT2D eigenvalue weighted by Gasteiger charge is 2.20. The highest BCUT2D eigenvalue weighted by atomic mass is 19.1. The van der Waals surface area contributed by atoms with Crippen LogP contribution in [0.2, 0.25) is 0 Å². The van der Waals surface area contributed by atoms with Gasteiger partial charge in [-0.1, -0.05) is 13.3 Å². The lowest BCUT2D eigenvalue weighted by Gasteiger charge is -2.09. The van der Waals surface area contributed by atoms with Gasteiger partial charge in [0.1, 0.15) is 11.6 Å². The van der Waals surface area contributed by atoms with Gasteiger partial charge < -0.3 is 10.1 Å². The van der Waals surface area contributed by atoms with Crippen LogP contribution >= 0.6 is 0 Å². The predicted molar refractivity (Wildman–Crippen MR) is 66.7 cm³/mol. The average molecular weight is 237 g/mol. The number of hydrogen-bond donors (Lipinski definition) is 1. The third-order valence-electron chi connectivity index (χ3n) is 2.87. The maximum atomic E-state index is 13.4. The van der Waals surface area contributed by atoms with Crippen molar-refractivity contribution in [3.05, 3.63) is 29.6 Å². The summed E-state index contributed by atoms with van der Waals surface area (Å²) in [5, 5.41) is 3.37. The topological polar surface area (TPSA) is 21.3 Å². The van der Waals surface area contributed by atoms with E-state index < -0.39 is 0 Å². The van der Waals surface area contributed by atoms with Crippen molar-refractivity contribution in [1.29, 1.82) is 0 Å². The van der Waals surface area contributed by atoms with E-state index in [-0.39, 0.29) is 5.82 Å². The fourth-order valence-corrected chi connectivity index (χ4v) is 1.69. The Morgan fingerprint density at radius 3 is 2.88 bits per heavy atom. The first kappa shape index (κ1) is 12.4. The first-order valence-electron chi connectivity index (χ1n) is 6.43. The van der Waals surface area contributed by atoms with Crippen LogP contribution in [-0.2, 0) is 6.54 Å². The van der Waals surface area contributed by atoms with E-state index in [2.05, 4.69) is 12.2 Å². The number of nitrogens with one attached hydrogen (secondary N) is 1. The van der Waals surface area contributed by atoms with Crippen LogP contribution in [0.15, 0.2) is 18.2 Å². The average Bonchev–Trinajstić information content (AvgIpc) is 3.10. The van der Waals surface area contributed by atoms with Crippen LogP contribution < -0.4 is 10.1 Å². The number of unbranched alkanes of at least 4 members (excludes halogenated alkanes) is 1. The Bertz CT molecular complexity index is 363. The zero-order chi connectivity index (χ0) is 12.1. The minimum Gasteiger partial charge on any atom is -0.493 e. The molecule has 17 heavy (non-hydrogen) atoms. The van der Waals surface area contributed by atoms with Gasteiger partial charge in [-0.05, 0) is 37.0 Å². The molecule has 0 bridgehead atoms. The normalized spacial score (nSPS) is 14.9. The van der Waals surface area contributed by atoms with Gasteiger partial charge in [-0.25, -0.2) is 4.39 Å². The molecule has 1 aromatic carbocycles. The zero-order valence-electron chi connectivity index (χ0n) is 10.3. The Hall–Kier alpha value is -1.09. The van der Waals surface area contributed by atoms with Crippen LogP contribution in [0.4, 0.5) is 4.39 Å². The molecule has 2 rings (SSSR count). The molecule has 1 aliphatic carbocycles. The maximum Gasteiger partial charge on any atom is 0.127 e. The Balaban J connectivity index is 1.90. The van der Waals surface area contributed by atoms with Gasteiger partial charge in [0.05, 0.1) is 6.61 Å². The SMILES string of the molecule is CCCCOc1cc(F)cc(CNC2CC2)c1. The van der Waals surface area contributed by atoms with E-state index in [4.69, 9.17) is 4.74 Å². The van der Waals surface area contributed by atoms with Crippen molar-refractivity contribution in [3.8, 4) is 5.75 Å². The van der Waals surface area contributed by atoms with Gasteiger partial charge in [-0.3, -0.25) is 0 Å². The number of halogens is 1. The Morgan fingerprint density at radius 1 is 1.35 bits per heavy atom. The molecule has 3 heteroatoms. The van der Waals surface area contributed by atoms with Crippen molar-refractivity contribution in [2.75, 3.05) is 6.61 Å². The van der Waals surface area contributed by atoms with E-state index in [0.29, 0.717) is 18.4 Å². The first-order chi connectivity index (χ1) is 8.28. The third kappa shape index (κ3) is 4.35. The summed E-state index contributed by atoms with van der Waals surface area (Å²) in [6.07, 6.45) is 4.59. The predicted octanol–water partition coefficient (Wildman–Crippen LogP) is 3.26. The summed E-state index contributed by atoms with van der Waals surface area (Å²) < 4.78 is 18.9. The van der Waals surface area contributed by atoms with Crippen molar-refractivity contribution in [2.45, 2.75) is 45.2 Å². The van der Waals surface area contributed by atoms with Crippen molar-refractivity contribution in [1.82, 2.24) is 5.32 Å². The third-order valence-corrected chi connectivity index (χ3v) is 2.87. The Morgan fingerprint density at radius 2 is 2.18 bits per heavy atom. The summed E-state index contributed by atoms with van der Waals surface area (Å²) in [6.45, 7) is 3.50. The second kappa shape index (κ2) is 6.01. The van der Waals surface area contributed by atoms with E-state index >= 15 is 0 Å². The molecule has 0 aliphatic heterocycles. The number of ether oxygens (including phenoxy) is 1. The van der Waals surface area contributed by atoms with E-state index in [0.717, 1.165) is 24.9 Å². The van der Waals surface area contributed by atoms with Crippen LogP contribution in [0.3, 0.4) is 0 Å². The molecule has 1 aliphatic rings. The monoisotopic (exact) mass is 237 g/mol. The summed E-state index contributed by atoms with van der Waals surface area (Å²) in [4.78, 5) is 0. The highest BCUT2D eigenvalue weighted by molar-refractivity contribution is 5.29. The van der Waals surface area contributed by atoms with Gasteiger partial charge in [-0.15, -0.1) is 0 Å². The van der Waals surface area contributed by atoms with Crippen molar-refractivity contribution in [2.24, 2.45) is 0 Å². The van der Waals surface area contributed by atoms with E-state index in [9.17, 15) is 4.39 Å². The summed E-state index contributed by atoms with van der Waals surface area (Å²) in [7, 11) is 0. The van der Waals surface area contributed by atoms with Crippen LogP contribution in [-0.4, -0.2) is 12.6 Å². The summed E-state index contributed by atoms with van der Waals surface area (Å²) in [5.74, 6) is 0.428. The van der Waals surface area contributed by atoms with Gasteiger partial charge in [0.25, 0.3) is 0 Å². The van der Waals surface area contributed by atoms with Crippen LogP contribution in [0.5, 0.6) is 5.75 Å². The fourth-order valence-electron chi connectivity index (χ4n) is 1.69. The standard InChI is InChI=1S/C14H20FNO/c1-2-3-6-17-14-8-11(7-12(15)9-14)10-16-13-4-5-13/h7-9,13,16H,2-6,10H2,1H3. The summed E-state index contributed by atoms with van der Waals surface area (Å²) >= 11 is 0. The lowest BCUT2D eigenvalue weighted by molar-refractivity contribution is 0.307. The van der Waals surface area contributed by atoms with Crippen molar-refractivity contribution in [3.63, 3.8) is 0 Å². The lowest BCUT2D eigenvalue weighted by Crippen LogP contribution is -2.15. The molecule has 0 atom stereocenters. The molecule has 1 aromatic rings. The van der Waals surface area contributed by atoms with E-state index in [1.807, 2.05) is 6.07 Å².